The average Bonchev–Trinajstić information content (AvgIpc) is 2.77. The quantitative estimate of drug-likeness (QED) is 0.777. The summed E-state index contributed by atoms with van der Waals surface area (Å²) in [5.74, 6) is 2.03. The summed E-state index contributed by atoms with van der Waals surface area (Å²) in [7, 11) is 1.92. The molecule has 1 aromatic heterocycles. The van der Waals surface area contributed by atoms with Crippen LogP contribution in [-0.2, 0) is 19.9 Å². The standard InChI is InChI=1S/C14H18ClN3/c1-11-3-5-12(6-4-11)7-13(9-15)8-14-16-10-17-18(14)2/h3-6,10,13H,7-9H2,1-2H3. The van der Waals surface area contributed by atoms with Crippen molar-refractivity contribution in [1.82, 2.24) is 14.8 Å². The van der Waals surface area contributed by atoms with Gasteiger partial charge in [0.1, 0.15) is 12.2 Å². The number of aryl methyl sites for hydroxylation is 2. The number of hydrogen-bond acceptors (Lipinski definition) is 2. The summed E-state index contributed by atoms with van der Waals surface area (Å²) in [5.41, 5.74) is 2.61. The van der Waals surface area contributed by atoms with E-state index in [1.54, 1.807) is 6.33 Å². The minimum Gasteiger partial charge on any atom is -0.253 e. The SMILES string of the molecule is Cc1ccc(CC(CCl)Cc2ncnn2C)cc1. The molecule has 4 heteroatoms. The van der Waals surface area contributed by atoms with Gasteiger partial charge in [-0.15, -0.1) is 11.6 Å². The second kappa shape index (κ2) is 6.01. The highest BCUT2D eigenvalue weighted by atomic mass is 35.5. The van der Waals surface area contributed by atoms with Crippen LogP contribution in [0.1, 0.15) is 17.0 Å². The van der Waals surface area contributed by atoms with Crippen molar-refractivity contribution in [3.63, 3.8) is 0 Å². The molecule has 96 valence electrons. The lowest BCUT2D eigenvalue weighted by atomic mass is 9.97. The van der Waals surface area contributed by atoms with Gasteiger partial charge in [0.05, 0.1) is 0 Å². The van der Waals surface area contributed by atoms with Crippen molar-refractivity contribution >= 4 is 11.6 Å². The molecule has 0 N–H and O–H groups in total. The Kier molecular flexibility index (Phi) is 4.37. The van der Waals surface area contributed by atoms with Gasteiger partial charge >= 0.3 is 0 Å². The van der Waals surface area contributed by atoms with Gasteiger partial charge in [0.2, 0.25) is 0 Å². The second-order valence-corrected chi connectivity index (χ2v) is 5.02. The zero-order chi connectivity index (χ0) is 13.0. The fourth-order valence-corrected chi connectivity index (χ4v) is 2.22. The highest BCUT2D eigenvalue weighted by Gasteiger charge is 2.12. The van der Waals surface area contributed by atoms with Crippen molar-refractivity contribution in [2.45, 2.75) is 19.8 Å². The Morgan fingerprint density at radius 1 is 1.22 bits per heavy atom. The second-order valence-electron chi connectivity index (χ2n) is 4.71. The highest BCUT2D eigenvalue weighted by Crippen LogP contribution is 2.15. The predicted octanol–water partition coefficient (Wildman–Crippen LogP) is 2.76. The first-order valence-electron chi connectivity index (χ1n) is 6.13. The van der Waals surface area contributed by atoms with Gasteiger partial charge in [0, 0.05) is 19.3 Å². The van der Waals surface area contributed by atoms with Crippen molar-refractivity contribution in [2.75, 3.05) is 5.88 Å². The van der Waals surface area contributed by atoms with Crippen LogP contribution >= 0.6 is 11.6 Å². The van der Waals surface area contributed by atoms with Gasteiger partial charge in [0.15, 0.2) is 0 Å². The van der Waals surface area contributed by atoms with E-state index in [2.05, 4.69) is 41.3 Å². The van der Waals surface area contributed by atoms with E-state index < -0.39 is 0 Å². The first kappa shape index (κ1) is 13.1. The molecule has 0 spiro atoms. The molecule has 1 unspecified atom stereocenters. The highest BCUT2D eigenvalue weighted by molar-refractivity contribution is 6.18. The molecule has 0 aliphatic heterocycles. The molecule has 0 aliphatic rings. The Bertz CT molecular complexity index is 490. The topological polar surface area (TPSA) is 30.7 Å². The fourth-order valence-electron chi connectivity index (χ4n) is 2.00. The molecule has 1 aromatic carbocycles. The van der Waals surface area contributed by atoms with Gasteiger partial charge in [-0.25, -0.2) is 4.98 Å². The number of rotatable bonds is 5. The lowest BCUT2D eigenvalue weighted by Gasteiger charge is -2.13. The first-order valence-corrected chi connectivity index (χ1v) is 6.67. The molecule has 18 heavy (non-hydrogen) atoms. The largest absolute Gasteiger partial charge is 0.253 e. The van der Waals surface area contributed by atoms with E-state index in [9.17, 15) is 0 Å². The number of hydrogen-bond donors (Lipinski definition) is 0. The van der Waals surface area contributed by atoms with E-state index in [4.69, 9.17) is 11.6 Å². The monoisotopic (exact) mass is 263 g/mol. The van der Waals surface area contributed by atoms with Gasteiger partial charge in [0.25, 0.3) is 0 Å². The lowest BCUT2D eigenvalue weighted by Crippen LogP contribution is -2.13. The van der Waals surface area contributed by atoms with E-state index in [0.717, 1.165) is 18.7 Å². The minimum atomic E-state index is 0.400. The molecule has 0 fully saturated rings. The zero-order valence-electron chi connectivity index (χ0n) is 10.8. The van der Waals surface area contributed by atoms with Crippen molar-refractivity contribution in [1.29, 1.82) is 0 Å². The van der Waals surface area contributed by atoms with Gasteiger partial charge in [-0.05, 0) is 24.8 Å². The smallest absolute Gasteiger partial charge is 0.138 e. The van der Waals surface area contributed by atoms with Crippen molar-refractivity contribution in [2.24, 2.45) is 13.0 Å². The molecular formula is C14H18ClN3. The van der Waals surface area contributed by atoms with Gasteiger partial charge < -0.3 is 0 Å². The van der Waals surface area contributed by atoms with Crippen molar-refractivity contribution in [3.05, 3.63) is 47.5 Å². The minimum absolute atomic E-state index is 0.400. The summed E-state index contributed by atoms with van der Waals surface area (Å²) in [6.07, 6.45) is 3.44. The Balaban J connectivity index is 2.01. The number of benzene rings is 1. The van der Waals surface area contributed by atoms with E-state index >= 15 is 0 Å². The number of halogens is 1. The number of nitrogens with zero attached hydrogens (tertiary/aromatic N) is 3. The molecule has 0 bridgehead atoms. The first-order chi connectivity index (χ1) is 8.69. The van der Waals surface area contributed by atoms with E-state index in [1.165, 1.54) is 11.1 Å². The third-order valence-electron chi connectivity index (χ3n) is 3.14. The lowest BCUT2D eigenvalue weighted by molar-refractivity contribution is 0.542. The molecule has 1 atom stereocenters. The van der Waals surface area contributed by atoms with Crippen LogP contribution in [0.3, 0.4) is 0 Å². The maximum absolute atomic E-state index is 6.06. The average molecular weight is 264 g/mol. The predicted molar refractivity (Wildman–Crippen MR) is 73.8 cm³/mol. The van der Waals surface area contributed by atoms with Crippen LogP contribution in [0.25, 0.3) is 0 Å². The van der Waals surface area contributed by atoms with Crippen LogP contribution < -0.4 is 0 Å². The molecular weight excluding hydrogens is 246 g/mol. The molecule has 0 aliphatic carbocycles. The third kappa shape index (κ3) is 3.33. The molecule has 0 saturated heterocycles. The molecule has 2 rings (SSSR count). The van der Waals surface area contributed by atoms with Crippen molar-refractivity contribution < 1.29 is 0 Å². The summed E-state index contributed by atoms with van der Waals surface area (Å²) < 4.78 is 1.81. The van der Waals surface area contributed by atoms with Gasteiger partial charge in [-0.2, -0.15) is 5.10 Å². The Morgan fingerprint density at radius 2 is 1.94 bits per heavy atom. The van der Waals surface area contributed by atoms with E-state index in [1.807, 2.05) is 11.7 Å². The third-order valence-corrected chi connectivity index (χ3v) is 3.58. The summed E-state index contributed by atoms with van der Waals surface area (Å²) in [6, 6.07) is 8.63. The van der Waals surface area contributed by atoms with E-state index in [0.29, 0.717) is 11.8 Å². The molecule has 1 heterocycles. The van der Waals surface area contributed by atoms with Crippen LogP contribution in [-0.4, -0.2) is 20.6 Å². The van der Waals surface area contributed by atoms with Crippen molar-refractivity contribution in [3.8, 4) is 0 Å². The fraction of sp³-hybridized carbons (Fsp3) is 0.429. The van der Waals surface area contributed by atoms with Gasteiger partial charge in [-0.3, -0.25) is 4.68 Å². The Morgan fingerprint density at radius 3 is 2.50 bits per heavy atom. The Labute approximate surface area is 113 Å². The zero-order valence-corrected chi connectivity index (χ0v) is 11.6. The molecule has 0 amide bonds. The summed E-state index contributed by atoms with van der Waals surface area (Å²) in [6.45, 7) is 2.10. The van der Waals surface area contributed by atoms with E-state index in [-0.39, 0.29) is 0 Å². The van der Waals surface area contributed by atoms with Crippen LogP contribution in [0.5, 0.6) is 0 Å². The molecule has 0 radical (unpaired) electrons. The van der Waals surface area contributed by atoms with Crippen LogP contribution in [0.15, 0.2) is 30.6 Å². The normalized spacial score (nSPS) is 12.6. The van der Waals surface area contributed by atoms with Gasteiger partial charge in [-0.1, -0.05) is 29.8 Å². The number of alkyl halides is 1. The van der Waals surface area contributed by atoms with Crippen LogP contribution in [0.4, 0.5) is 0 Å². The number of aromatic nitrogens is 3. The molecule has 2 aromatic rings. The van der Waals surface area contributed by atoms with Crippen LogP contribution in [0.2, 0.25) is 0 Å². The maximum atomic E-state index is 6.06. The maximum Gasteiger partial charge on any atom is 0.138 e. The summed E-state index contributed by atoms with van der Waals surface area (Å²) >= 11 is 6.06. The summed E-state index contributed by atoms with van der Waals surface area (Å²) in [4.78, 5) is 4.25. The molecule has 3 nitrogen and oxygen atoms in total. The summed E-state index contributed by atoms with van der Waals surface area (Å²) in [5, 5.41) is 4.09. The molecule has 0 saturated carbocycles. The Hall–Kier alpha value is -1.35. The van der Waals surface area contributed by atoms with Crippen LogP contribution in [0, 0.1) is 12.8 Å².